The summed E-state index contributed by atoms with van der Waals surface area (Å²) in [5, 5.41) is 10.7. The molecular weight excluding hydrogens is 432 g/mol. The van der Waals surface area contributed by atoms with Gasteiger partial charge in [-0.3, -0.25) is 10.1 Å². The molecule has 1 heterocycles. The van der Waals surface area contributed by atoms with Crippen molar-refractivity contribution in [1.82, 2.24) is 8.61 Å². The molecule has 9 nitrogen and oxygen atoms in total. The number of benzene rings is 2. The van der Waals surface area contributed by atoms with E-state index in [1.165, 1.54) is 0 Å². The number of nitro groups is 1. The summed E-state index contributed by atoms with van der Waals surface area (Å²) in [6.45, 7) is -0.848. The maximum absolute atomic E-state index is 13.9. The molecule has 0 radical (unpaired) electrons. The van der Waals surface area contributed by atoms with Crippen LogP contribution in [-0.4, -0.2) is 56.5 Å². The van der Waals surface area contributed by atoms with Crippen LogP contribution in [-0.2, 0) is 20.0 Å². The van der Waals surface area contributed by atoms with Gasteiger partial charge in [0.05, 0.1) is 9.82 Å². The van der Waals surface area contributed by atoms with Crippen molar-refractivity contribution in [2.24, 2.45) is 0 Å². The van der Waals surface area contributed by atoms with E-state index in [9.17, 15) is 35.7 Å². The molecule has 1 fully saturated rings. The highest BCUT2D eigenvalue weighted by Gasteiger charge is 2.35. The van der Waals surface area contributed by atoms with Crippen LogP contribution in [0.5, 0.6) is 0 Å². The van der Waals surface area contributed by atoms with E-state index in [0.29, 0.717) is 6.07 Å². The highest BCUT2D eigenvalue weighted by atomic mass is 32.2. The Labute approximate surface area is 165 Å². The second-order valence-electron chi connectivity index (χ2n) is 6.13. The fourth-order valence-corrected chi connectivity index (χ4v) is 5.75. The monoisotopic (exact) mass is 447 g/mol. The van der Waals surface area contributed by atoms with Crippen molar-refractivity contribution < 1.29 is 30.5 Å². The molecule has 29 heavy (non-hydrogen) atoms. The third kappa shape index (κ3) is 4.12. The number of nitro benzene ring substituents is 1. The van der Waals surface area contributed by atoms with Gasteiger partial charge >= 0.3 is 0 Å². The summed E-state index contributed by atoms with van der Waals surface area (Å²) in [6, 6.07) is 6.43. The fourth-order valence-electron chi connectivity index (χ4n) is 2.86. The van der Waals surface area contributed by atoms with Crippen molar-refractivity contribution >= 4 is 25.7 Å². The van der Waals surface area contributed by atoms with Gasteiger partial charge in [0.1, 0.15) is 16.5 Å². The molecule has 13 heteroatoms. The predicted molar refractivity (Wildman–Crippen MR) is 97.0 cm³/mol. The Morgan fingerprint density at radius 1 is 0.828 bits per heavy atom. The van der Waals surface area contributed by atoms with E-state index in [1.54, 1.807) is 0 Å². The Kier molecular flexibility index (Phi) is 5.67. The summed E-state index contributed by atoms with van der Waals surface area (Å²) in [4.78, 5) is 9.18. The third-order valence-electron chi connectivity index (χ3n) is 4.39. The van der Waals surface area contributed by atoms with Gasteiger partial charge < -0.3 is 0 Å². The maximum Gasteiger partial charge on any atom is 0.269 e. The van der Waals surface area contributed by atoms with E-state index in [-0.39, 0.29) is 36.8 Å². The van der Waals surface area contributed by atoms with E-state index in [4.69, 9.17) is 0 Å². The first-order valence-electron chi connectivity index (χ1n) is 8.23. The van der Waals surface area contributed by atoms with Crippen molar-refractivity contribution in [3.8, 4) is 0 Å². The number of piperazine rings is 1. The molecule has 156 valence electrons. The molecule has 0 aromatic heterocycles. The molecule has 0 amide bonds. The summed E-state index contributed by atoms with van der Waals surface area (Å²) >= 11 is 0. The average Bonchev–Trinajstić information content (AvgIpc) is 2.68. The zero-order valence-corrected chi connectivity index (χ0v) is 16.4. The molecule has 2 aromatic carbocycles. The van der Waals surface area contributed by atoms with Crippen molar-refractivity contribution in [2.45, 2.75) is 9.79 Å². The van der Waals surface area contributed by atoms with Gasteiger partial charge in [0.2, 0.25) is 20.0 Å². The molecule has 0 saturated carbocycles. The minimum atomic E-state index is -4.26. The summed E-state index contributed by atoms with van der Waals surface area (Å²) in [7, 11) is -8.25. The Morgan fingerprint density at radius 3 is 1.83 bits per heavy atom. The standard InChI is InChI=1S/C16H15F2N3O6S2/c17-12-1-6-16(15(18)11-12)29(26,27)20-9-7-19(8-10-20)28(24,25)14-4-2-13(3-5-14)21(22)23/h1-6,11H,7-10H2. The summed E-state index contributed by atoms with van der Waals surface area (Å²) < 4.78 is 79.4. The predicted octanol–water partition coefficient (Wildman–Crippen LogP) is 1.57. The molecule has 0 aliphatic carbocycles. The second kappa shape index (κ2) is 7.74. The van der Waals surface area contributed by atoms with Gasteiger partial charge in [-0.1, -0.05) is 0 Å². The van der Waals surface area contributed by atoms with E-state index in [1.807, 2.05) is 0 Å². The smallest absolute Gasteiger partial charge is 0.258 e. The van der Waals surface area contributed by atoms with Crippen LogP contribution in [0, 0.1) is 21.7 Å². The number of non-ortho nitro benzene ring substituents is 1. The van der Waals surface area contributed by atoms with Crippen LogP contribution in [0.15, 0.2) is 52.3 Å². The molecule has 0 atom stereocenters. The molecule has 2 aromatic rings. The number of hydrogen-bond acceptors (Lipinski definition) is 6. The normalized spacial score (nSPS) is 16.6. The Morgan fingerprint density at radius 2 is 1.34 bits per heavy atom. The van der Waals surface area contributed by atoms with Crippen LogP contribution in [0.25, 0.3) is 0 Å². The van der Waals surface area contributed by atoms with Crippen molar-refractivity contribution in [3.63, 3.8) is 0 Å². The van der Waals surface area contributed by atoms with Gasteiger partial charge in [-0.2, -0.15) is 8.61 Å². The lowest BCUT2D eigenvalue weighted by atomic mass is 10.3. The first-order chi connectivity index (χ1) is 13.5. The van der Waals surface area contributed by atoms with Crippen LogP contribution in [0.2, 0.25) is 0 Å². The van der Waals surface area contributed by atoms with E-state index in [2.05, 4.69) is 0 Å². The number of rotatable bonds is 5. The summed E-state index contributed by atoms with van der Waals surface area (Å²) in [5.74, 6) is -2.15. The maximum atomic E-state index is 13.9. The van der Waals surface area contributed by atoms with Crippen molar-refractivity contribution in [2.75, 3.05) is 26.2 Å². The topological polar surface area (TPSA) is 118 Å². The Balaban J connectivity index is 1.76. The van der Waals surface area contributed by atoms with E-state index < -0.39 is 41.5 Å². The van der Waals surface area contributed by atoms with Gasteiger partial charge in [0.15, 0.2) is 0 Å². The van der Waals surface area contributed by atoms with Crippen LogP contribution >= 0.6 is 0 Å². The van der Waals surface area contributed by atoms with Crippen molar-refractivity contribution in [1.29, 1.82) is 0 Å². The lowest BCUT2D eigenvalue weighted by Gasteiger charge is -2.33. The Bertz CT molecular complexity index is 1150. The summed E-state index contributed by atoms with van der Waals surface area (Å²) in [5.41, 5.74) is -0.263. The Hall–Kier alpha value is -2.48. The number of hydrogen-bond donors (Lipinski definition) is 0. The van der Waals surface area contributed by atoms with Gasteiger partial charge in [0, 0.05) is 44.4 Å². The van der Waals surface area contributed by atoms with Crippen LogP contribution in [0.4, 0.5) is 14.5 Å². The number of halogens is 2. The largest absolute Gasteiger partial charge is 0.269 e. The fraction of sp³-hybridized carbons (Fsp3) is 0.250. The van der Waals surface area contributed by atoms with Gasteiger partial charge in [-0.25, -0.2) is 25.6 Å². The van der Waals surface area contributed by atoms with Gasteiger partial charge in [-0.05, 0) is 24.3 Å². The minimum absolute atomic E-state index is 0.163. The zero-order chi connectivity index (χ0) is 21.4. The number of sulfonamides is 2. The minimum Gasteiger partial charge on any atom is -0.258 e. The number of nitrogens with zero attached hydrogens (tertiary/aromatic N) is 3. The van der Waals surface area contributed by atoms with E-state index in [0.717, 1.165) is 45.0 Å². The summed E-state index contributed by atoms with van der Waals surface area (Å²) in [6.07, 6.45) is 0. The lowest BCUT2D eigenvalue weighted by molar-refractivity contribution is -0.384. The third-order valence-corrected chi connectivity index (χ3v) is 8.24. The second-order valence-corrected chi connectivity index (χ2v) is 9.98. The molecule has 0 unspecified atom stereocenters. The SMILES string of the molecule is O=[N+]([O-])c1ccc(S(=O)(=O)N2CCN(S(=O)(=O)c3ccc(F)cc3F)CC2)cc1. The molecular formula is C16H15F2N3O6S2. The molecule has 0 N–H and O–H groups in total. The molecule has 0 bridgehead atoms. The molecule has 1 aliphatic heterocycles. The lowest BCUT2D eigenvalue weighted by Crippen LogP contribution is -2.50. The quantitative estimate of drug-likeness (QED) is 0.507. The van der Waals surface area contributed by atoms with Crippen molar-refractivity contribution in [3.05, 3.63) is 64.2 Å². The van der Waals surface area contributed by atoms with Gasteiger partial charge in [0.25, 0.3) is 5.69 Å². The first kappa shape index (κ1) is 21.2. The van der Waals surface area contributed by atoms with Crippen LogP contribution < -0.4 is 0 Å². The molecule has 3 rings (SSSR count). The van der Waals surface area contributed by atoms with Gasteiger partial charge in [-0.15, -0.1) is 0 Å². The van der Waals surface area contributed by atoms with Crippen LogP contribution in [0.1, 0.15) is 0 Å². The molecule has 1 saturated heterocycles. The van der Waals surface area contributed by atoms with E-state index >= 15 is 0 Å². The van der Waals surface area contributed by atoms with Crippen LogP contribution in [0.3, 0.4) is 0 Å². The molecule has 1 aliphatic rings. The molecule has 0 spiro atoms. The zero-order valence-electron chi connectivity index (χ0n) is 14.7. The highest BCUT2D eigenvalue weighted by Crippen LogP contribution is 2.24. The highest BCUT2D eigenvalue weighted by molar-refractivity contribution is 7.89. The first-order valence-corrected chi connectivity index (χ1v) is 11.1. The average molecular weight is 447 g/mol.